The van der Waals surface area contributed by atoms with Crippen LogP contribution in [0.4, 0.5) is 4.79 Å². The molecular weight excluding hydrogens is 483 g/mol. The molecule has 3 N–H and O–H groups in total. The number of carbonyl (C=O) groups excluding carboxylic acids is 3. The molecular formula is C20H27N6O8P. The second-order valence-electron chi connectivity index (χ2n) is 8.20. The zero-order valence-corrected chi connectivity index (χ0v) is 20.0. The van der Waals surface area contributed by atoms with E-state index >= 15 is 0 Å². The van der Waals surface area contributed by atoms with Crippen LogP contribution in [-0.2, 0) is 34.6 Å². The van der Waals surface area contributed by atoms with E-state index < -0.39 is 62.6 Å². The number of imide groups is 1. The molecule has 0 aliphatic carbocycles. The summed E-state index contributed by atoms with van der Waals surface area (Å²) in [6.45, 7) is 1.28. The highest BCUT2D eigenvalue weighted by molar-refractivity contribution is 7.50. The van der Waals surface area contributed by atoms with Crippen molar-refractivity contribution in [1.82, 2.24) is 15.3 Å². The van der Waals surface area contributed by atoms with Crippen LogP contribution < -0.4 is 10.4 Å². The molecule has 2 saturated heterocycles. The van der Waals surface area contributed by atoms with Crippen LogP contribution in [0.3, 0.4) is 0 Å². The van der Waals surface area contributed by atoms with Crippen molar-refractivity contribution in [3.63, 3.8) is 0 Å². The van der Waals surface area contributed by atoms with Crippen molar-refractivity contribution in [3.05, 3.63) is 46.3 Å². The predicted octanol–water partition coefficient (Wildman–Crippen LogP) is 1.46. The van der Waals surface area contributed by atoms with Crippen molar-refractivity contribution in [1.29, 1.82) is 0 Å². The molecule has 0 aromatic heterocycles. The van der Waals surface area contributed by atoms with Crippen molar-refractivity contribution in [2.24, 2.45) is 11.0 Å². The van der Waals surface area contributed by atoms with E-state index in [1.54, 1.807) is 37.3 Å². The van der Waals surface area contributed by atoms with Gasteiger partial charge in [-0.05, 0) is 17.5 Å². The third-order valence-corrected chi connectivity index (χ3v) is 6.80. The number of amides is 3. The summed E-state index contributed by atoms with van der Waals surface area (Å²) < 4.78 is 28.4. The number of ether oxygens (including phenoxy) is 2. The highest BCUT2D eigenvalue weighted by atomic mass is 31.2. The molecule has 35 heavy (non-hydrogen) atoms. The van der Waals surface area contributed by atoms with Crippen LogP contribution in [-0.4, -0.2) is 72.4 Å². The lowest BCUT2D eigenvalue weighted by atomic mass is 10.1. The number of hydrogen-bond acceptors (Lipinski definition) is 8. The van der Waals surface area contributed by atoms with Gasteiger partial charge in [0.2, 0.25) is 5.91 Å². The molecule has 6 atom stereocenters. The standard InChI is InChI=1S/C20H27N6O8P/c1-12-10-26(20(29)22-18(12)27)17-9-14(23-25-21)16(34-17)11-33-35(30,31)24-15(19(28)32-2)8-13-6-4-3-5-7-13/h3-7,12,14-17H,8-11H2,1-2H3,(H,22,27,29)(H2,24,30,31)/t12?,14-,15-,16+,17+/m0/s1. The first kappa shape index (κ1) is 26.6. The fraction of sp³-hybridized carbons (Fsp3) is 0.550. The molecule has 3 rings (SSSR count). The summed E-state index contributed by atoms with van der Waals surface area (Å²) in [4.78, 5) is 50.5. The first-order chi connectivity index (χ1) is 16.6. The lowest BCUT2D eigenvalue weighted by Crippen LogP contribution is -2.57. The topological polar surface area (TPSA) is 192 Å². The van der Waals surface area contributed by atoms with E-state index in [9.17, 15) is 23.8 Å². The van der Waals surface area contributed by atoms with Crippen molar-refractivity contribution >= 4 is 25.7 Å². The van der Waals surface area contributed by atoms with Crippen LogP contribution >= 0.6 is 7.75 Å². The van der Waals surface area contributed by atoms with Crippen molar-refractivity contribution in [2.75, 3.05) is 20.3 Å². The van der Waals surface area contributed by atoms with E-state index in [0.717, 1.165) is 12.7 Å². The molecule has 0 saturated carbocycles. The largest absolute Gasteiger partial charge is 0.468 e. The summed E-state index contributed by atoms with van der Waals surface area (Å²) in [7, 11) is -3.38. The maximum Gasteiger partial charge on any atom is 0.403 e. The van der Waals surface area contributed by atoms with E-state index in [4.69, 9.17) is 19.5 Å². The molecule has 0 spiro atoms. The molecule has 3 amide bonds. The number of urea groups is 1. The second kappa shape index (κ2) is 11.6. The van der Waals surface area contributed by atoms with Gasteiger partial charge in [-0.2, -0.15) is 0 Å². The first-order valence-corrected chi connectivity index (χ1v) is 12.4. The third-order valence-electron chi connectivity index (χ3n) is 5.66. The SMILES string of the molecule is COC(=O)[C@H](Cc1ccccc1)NP(=O)(O)OC[C@H]1O[C@@H](N2CC(C)C(=O)NC2=O)C[C@@H]1N=[N+]=[N-]. The molecule has 0 bridgehead atoms. The number of azide groups is 1. The summed E-state index contributed by atoms with van der Waals surface area (Å²) in [5, 5.41) is 8.18. The van der Waals surface area contributed by atoms with Gasteiger partial charge in [-0.15, -0.1) is 0 Å². The van der Waals surface area contributed by atoms with Gasteiger partial charge in [0.05, 0.1) is 31.8 Å². The van der Waals surface area contributed by atoms with Gasteiger partial charge < -0.3 is 14.4 Å². The highest BCUT2D eigenvalue weighted by Gasteiger charge is 2.43. The van der Waals surface area contributed by atoms with Crippen LogP contribution in [0.25, 0.3) is 10.4 Å². The number of benzene rings is 1. The smallest absolute Gasteiger partial charge is 0.403 e. The van der Waals surface area contributed by atoms with Crippen LogP contribution in [0.5, 0.6) is 0 Å². The molecule has 1 aromatic rings. The summed E-state index contributed by atoms with van der Waals surface area (Å²) in [5.74, 6) is -1.62. The third kappa shape index (κ3) is 7.01. The maximum atomic E-state index is 12.7. The van der Waals surface area contributed by atoms with Crippen LogP contribution in [0, 0.1) is 5.92 Å². The van der Waals surface area contributed by atoms with Crippen LogP contribution in [0.15, 0.2) is 35.4 Å². The van der Waals surface area contributed by atoms with E-state index in [1.165, 1.54) is 4.90 Å². The number of hydrogen-bond donors (Lipinski definition) is 3. The summed E-state index contributed by atoms with van der Waals surface area (Å²) in [5.41, 5.74) is 9.63. The first-order valence-electron chi connectivity index (χ1n) is 10.8. The predicted molar refractivity (Wildman–Crippen MR) is 120 cm³/mol. The molecule has 1 aromatic carbocycles. The zero-order chi connectivity index (χ0) is 25.6. The van der Waals surface area contributed by atoms with Gasteiger partial charge in [-0.1, -0.05) is 42.4 Å². The average molecular weight is 510 g/mol. The number of nitrogens with one attached hydrogen (secondary N) is 2. The molecule has 190 valence electrons. The minimum Gasteiger partial charge on any atom is -0.468 e. The molecule has 2 aliphatic rings. The molecule has 2 heterocycles. The number of rotatable bonds is 10. The minimum absolute atomic E-state index is 0.0752. The molecule has 0 radical (unpaired) electrons. The Hall–Kier alpha value is -2.99. The van der Waals surface area contributed by atoms with Crippen LogP contribution in [0.2, 0.25) is 0 Å². The zero-order valence-electron chi connectivity index (χ0n) is 19.1. The lowest BCUT2D eigenvalue weighted by molar-refractivity contribution is -0.142. The number of esters is 1. The van der Waals surface area contributed by atoms with Crippen molar-refractivity contribution < 1.29 is 37.8 Å². The Balaban J connectivity index is 1.64. The van der Waals surface area contributed by atoms with Crippen molar-refractivity contribution in [3.8, 4) is 0 Å². The Morgan fingerprint density at radius 3 is 2.80 bits per heavy atom. The Labute approximate surface area is 201 Å². The van der Waals surface area contributed by atoms with Gasteiger partial charge in [0, 0.05) is 17.9 Å². The second-order valence-corrected chi connectivity index (χ2v) is 9.75. The Bertz CT molecular complexity index is 1040. The minimum atomic E-state index is -4.54. The van der Waals surface area contributed by atoms with Gasteiger partial charge >= 0.3 is 19.7 Å². The van der Waals surface area contributed by atoms with Gasteiger partial charge in [-0.3, -0.25) is 24.3 Å². The normalized spacial score (nSPS) is 26.9. The lowest BCUT2D eigenvalue weighted by Gasteiger charge is -2.34. The average Bonchev–Trinajstić information content (AvgIpc) is 3.22. The number of carbonyl (C=O) groups is 3. The summed E-state index contributed by atoms with van der Waals surface area (Å²) >= 11 is 0. The molecule has 15 heteroatoms. The fourth-order valence-corrected chi connectivity index (χ4v) is 4.85. The Morgan fingerprint density at radius 2 is 2.14 bits per heavy atom. The Kier molecular flexibility index (Phi) is 8.84. The molecule has 2 fully saturated rings. The highest BCUT2D eigenvalue weighted by Crippen LogP contribution is 2.40. The van der Waals surface area contributed by atoms with E-state index in [0.29, 0.717) is 0 Å². The monoisotopic (exact) mass is 510 g/mol. The summed E-state index contributed by atoms with van der Waals surface area (Å²) in [6.07, 6.45) is -1.61. The summed E-state index contributed by atoms with van der Waals surface area (Å²) in [6, 6.07) is 6.22. The fourth-order valence-electron chi connectivity index (χ4n) is 3.84. The van der Waals surface area contributed by atoms with Gasteiger partial charge in [0.25, 0.3) is 0 Å². The quantitative estimate of drug-likeness (QED) is 0.137. The van der Waals surface area contributed by atoms with Gasteiger partial charge in [0.1, 0.15) is 12.3 Å². The van der Waals surface area contributed by atoms with Gasteiger partial charge in [-0.25, -0.2) is 14.4 Å². The van der Waals surface area contributed by atoms with Crippen molar-refractivity contribution in [2.45, 2.75) is 44.2 Å². The van der Waals surface area contributed by atoms with Crippen LogP contribution in [0.1, 0.15) is 18.9 Å². The van der Waals surface area contributed by atoms with E-state index in [2.05, 4.69) is 20.4 Å². The van der Waals surface area contributed by atoms with E-state index in [-0.39, 0.29) is 19.4 Å². The Morgan fingerprint density at radius 1 is 1.43 bits per heavy atom. The molecule has 2 aliphatic heterocycles. The molecule has 2 unspecified atom stereocenters. The van der Waals surface area contributed by atoms with E-state index in [1.807, 2.05) is 0 Å². The number of methoxy groups -OCH3 is 1. The molecule has 14 nitrogen and oxygen atoms in total. The van der Waals surface area contributed by atoms with Gasteiger partial charge in [0.15, 0.2) is 0 Å². The number of nitrogens with zero attached hydrogens (tertiary/aromatic N) is 4. The maximum absolute atomic E-state index is 12.7.